The molecule has 0 bridgehead atoms. The maximum atomic E-state index is 12.1. The van der Waals surface area contributed by atoms with Gasteiger partial charge < -0.3 is 15.7 Å². The molecule has 1 aliphatic rings. The summed E-state index contributed by atoms with van der Waals surface area (Å²) in [5.41, 5.74) is -0.822. The van der Waals surface area contributed by atoms with Crippen LogP contribution in [0.25, 0.3) is 0 Å². The van der Waals surface area contributed by atoms with E-state index in [4.69, 9.17) is 0 Å². The first-order valence-electron chi connectivity index (χ1n) is 6.85. The Bertz CT molecular complexity index is 483. The zero-order chi connectivity index (χ0) is 14.6. The molecule has 108 valence electrons. The lowest BCUT2D eigenvalue weighted by Crippen LogP contribution is -2.50. The number of carboxylic acids is 1. The molecule has 1 heterocycles. The first kappa shape index (κ1) is 14.5. The number of carbonyl (C=O) groups excluding carboxylic acids is 1. The highest BCUT2D eigenvalue weighted by atomic mass is 16.4. The summed E-state index contributed by atoms with van der Waals surface area (Å²) in [6.07, 6.45) is 2.34. The van der Waals surface area contributed by atoms with E-state index in [1.165, 1.54) is 6.92 Å². The molecule has 0 spiro atoms. The van der Waals surface area contributed by atoms with E-state index in [9.17, 15) is 14.7 Å². The fraction of sp³-hybridized carbons (Fsp3) is 0.467. The van der Waals surface area contributed by atoms with Crippen LogP contribution in [-0.4, -0.2) is 29.6 Å². The third-order valence-corrected chi connectivity index (χ3v) is 3.76. The smallest absolute Gasteiger partial charge is 0.333 e. The van der Waals surface area contributed by atoms with Crippen molar-refractivity contribution < 1.29 is 14.7 Å². The van der Waals surface area contributed by atoms with Crippen molar-refractivity contribution in [2.75, 3.05) is 6.54 Å². The van der Waals surface area contributed by atoms with Crippen molar-refractivity contribution in [3.63, 3.8) is 0 Å². The van der Waals surface area contributed by atoms with Gasteiger partial charge in [0.2, 0.25) is 5.91 Å². The van der Waals surface area contributed by atoms with E-state index in [-0.39, 0.29) is 11.9 Å². The minimum Gasteiger partial charge on any atom is -0.479 e. The second-order valence-corrected chi connectivity index (χ2v) is 5.34. The van der Waals surface area contributed by atoms with Gasteiger partial charge >= 0.3 is 5.97 Å². The number of hydrogen-bond acceptors (Lipinski definition) is 3. The van der Waals surface area contributed by atoms with E-state index >= 15 is 0 Å². The first-order chi connectivity index (χ1) is 9.52. The maximum Gasteiger partial charge on any atom is 0.333 e. The lowest BCUT2D eigenvalue weighted by atomic mass is 9.91. The van der Waals surface area contributed by atoms with Gasteiger partial charge in [-0.05, 0) is 31.9 Å². The van der Waals surface area contributed by atoms with E-state index in [1.807, 2.05) is 6.07 Å². The van der Waals surface area contributed by atoms with Crippen molar-refractivity contribution in [3.8, 4) is 0 Å². The monoisotopic (exact) mass is 276 g/mol. The number of amides is 1. The summed E-state index contributed by atoms with van der Waals surface area (Å²) in [6.45, 7) is 2.44. The van der Waals surface area contributed by atoms with Crippen LogP contribution in [-0.2, 0) is 15.1 Å². The normalized spacial score (nSPS) is 21.1. The largest absolute Gasteiger partial charge is 0.479 e. The van der Waals surface area contributed by atoms with E-state index < -0.39 is 11.5 Å². The lowest BCUT2D eigenvalue weighted by Gasteiger charge is -2.27. The van der Waals surface area contributed by atoms with Gasteiger partial charge in [0.15, 0.2) is 5.54 Å². The molecule has 1 fully saturated rings. The van der Waals surface area contributed by atoms with Gasteiger partial charge in [0.25, 0.3) is 0 Å². The second-order valence-electron chi connectivity index (χ2n) is 5.34. The number of nitrogens with one attached hydrogen (secondary N) is 2. The molecule has 0 radical (unpaired) electrons. The molecule has 2 rings (SSSR count). The van der Waals surface area contributed by atoms with Gasteiger partial charge in [0, 0.05) is 12.5 Å². The quantitative estimate of drug-likeness (QED) is 0.756. The average molecular weight is 276 g/mol. The van der Waals surface area contributed by atoms with E-state index in [2.05, 4.69) is 10.6 Å². The Hall–Kier alpha value is -1.88. The molecular formula is C15H20N2O3. The Morgan fingerprint density at radius 1 is 1.40 bits per heavy atom. The molecule has 2 unspecified atom stereocenters. The fourth-order valence-electron chi connectivity index (χ4n) is 2.51. The highest BCUT2D eigenvalue weighted by molar-refractivity contribution is 5.88. The van der Waals surface area contributed by atoms with Crippen LogP contribution in [0.2, 0.25) is 0 Å². The molecule has 0 saturated carbocycles. The van der Waals surface area contributed by atoms with Crippen LogP contribution in [0.15, 0.2) is 30.3 Å². The number of rotatable bonds is 5. The zero-order valence-electron chi connectivity index (χ0n) is 11.6. The molecule has 5 nitrogen and oxygen atoms in total. The Balaban J connectivity index is 2.09. The van der Waals surface area contributed by atoms with Gasteiger partial charge in [0.1, 0.15) is 0 Å². The predicted molar refractivity (Wildman–Crippen MR) is 75.2 cm³/mol. The van der Waals surface area contributed by atoms with E-state index in [0.717, 1.165) is 19.4 Å². The lowest BCUT2D eigenvalue weighted by molar-refractivity contribution is -0.147. The molecule has 3 N–H and O–H groups in total. The average Bonchev–Trinajstić information content (AvgIpc) is 2.92. The highest BCUT2D eigenvalue weighted by Crippen LogP contribution is 2.21. The SMILES string of the molecule is CC(NC(=O)CC1CCCN1)(C(=O)O)c1ccccc1. The molecule has 0 aromatic heterocycles. The molecule has 0 aliphatic carbocycles. The van der Waals surface area contributed by atoms with Gasteiger partial charge in [-0.1, -0.05) is 30.3 Å². The van der Waals surface area contributed by atoms with Crippen LogP contribution in [0.5, 0.6) is 0 Å². The summed E-state index contributed by atoms with van der Waals surface area (Å²) in [4.78, 5) is 23.6. The Morgan fingerprint density at radius 2 is 2.10 bits per heavy atom. The van der Waals surface area contributed by atoms with Gasteiger partial charge in [-0.3, -0.25) is 4.79 Å². The molecule has 20 heavy (non-hydrogen) atoms. The van der Waals surface area contributed by atoms with Crippen LogP contribution >= 0.6 is 0 Å². The molecule has 1 aromatic rings. The van der Waals surface area contributed by atoms with Crippen LogP contribution in [0.4, 0.5) is 0 Å². The molecular weight excluding hydrogens is 256 g/mol. The van der Waals surface area contributed by atoms with Crippen molar-refractivity contribution >= 4 is 11.9 Å². The summed E-state index contributed by atoms with van der Waals surface area (Å²) >= 11 is 0. The third-order valence-electron chi connectivity index (χ3n) is 3.76. The van der Waals surface area contributed by atoms with Gasteiger partial charge in [0.05, 0.1) is 0 Å². The van der Waals surface area contributed by atoms with Crippen molar-refractivity contribution in [1.82, 2.24) is 10.6 Å². The van der Waals surface area contributed by atoms with E-state index in [0.29, 0.717) is 12.0 Å². The minimum atomic E-state index is -1.39. The zero-order valence-corrected chi connectivity index (χ0v) is 11.6. The second kappa shape index (κ2) is 6.05. The molecule has 2 atom stereocenters. The topological polar surface area (TPSA) is 78.4 Å². The molecule has 1 saturated heterocycles. The molecule has 1 amide bonds. The summed E-state index contributed by atoms with van der Waals surface area (Å²) < 4.78 is 0. The Labute approximate surface area is 118 Å². The Kier molecular flexibility index (Phi) is 4.39. The number of benzene rings is 1. The van der Waals surface area contributed by atoms with Crippen LogP contribution in [0.3, 0.4) is 0 Å². The summed E-state index contributed by atoms with van der Waals surface area (Å²) in [6, 6.07) is 8.92. The summed E-state index contributed by atoms with van der Waals surface area (Å²) in [5, 5.41) is 15.4. The predicted octanol–water partition coefficient (Wildman–Crippen LogP) is 1.24. The van der Waals surface area contributed by atoms with E-state index in [1.54, 1.807) is 24.3 Å². The Morgan fingerprint density at radius 3 is 2.65 bits per heavy atom. The van der Waals surface area contributed by atoms with Crippen molar-refractivity contribution in [1.29, 1.82) is 0 Å². The van der Waals surface area contributed by atoms with Crippen molar-refractivity contribution in [2.24, 2.45) is 0 Å². The first-order valence-corrected chi connectivity index (χ1v) is 6.85. The number of carbonyl (C=O) groups is 2. The van der Waals surface area contributed by atoms with Crippen LogP contribution in [0.1, 0.15) is 31.7 Å². The van der Waals surface area contributed by atoms with Gasteiger partial charge in [-0.15, -0.1) is 0 Å². The minimum absolute atomic E-state index is 0.156. The summed E-state index contributed by atoms with van der Waals surface area (Å²) in [5.74, 6) is -1.30. The molecule has 1 aromatic carbocycles. The summed E-state index contributed by atoms with van der Waals surface area (Å²) in [7, 11) is 0. The molecule has 1 aliphatic heterocycles. The van der Waals surface area contributed by atoms with Gasteiger partial charge in [-0.2, -0.15) is 0 Å². The van der Waals surface area contributed by atoms with Crippen LogP contribution in [0, 0.1) is 0 Å². The van der Waals surface area contributed by atoms with Crippen molar-refractivity contribution in [3.05, 3.63) is 35.9 Å². The number of aliphatic carboxylic acids is 1. The fourth-order valence-corrected chi connectivity index (χ4v) is 2.51. The number of hydrogen-bond donors (Lipinski definition) is 3. The van der Waals surface area contributed by atoms with Crippen LogP contribution < -0.4 is 10.6 Å². The highest BCUT2D eigenvalue weighted by Gasteiger charge is 2.37. The molecule has 5 heteroatoms. The third kappa shape index (κ3) is 3.17. The number of carboxylic acid groups (broad SMARTS) is 1. The van der Waals surface area contributed by atoms with Gasteiger partial charge in [-0.25, -0.2) is 4.79 Å². The maximum absolute atomic E-state index is 12.1. The van der Waals surface area contributed by atoms with Crippen molar-refractivity contribution in [2.45, 2.75) is 37.8 Å². The standard InChI is InChI=1S/C15H20N2O3/c1-15(14(19)20,11-6-3-2-4-7-11)17-13(18)10-12-8-5-9-16-12/h2-4,6-7,12,16H,5,8-10H2,1H3,(H,17,18)(H,19,20).